The number of nitrogens with one attached hydrogen (secondary N) is 1. The zero-order valence-electron chi connectivity index (χ0n) is 6.28. The van der Waals surface area contributed by atoms with Crippen LogP contribution in [-0.2, 0) is 0 Å². The summed E-state index contributed by atoms with van der Waals surface area (Å²) in [5, 5.41) is 2.83. The molecule has 0 fully saturated rings. The molecule has 0 aliphatic carbocycles. The molecule has 0 atom stereocenters. The summed E-state index contributed by atoms with van der Waals surface area (Å²) in [6.07, 6.45) is 2.90. The van der Waals surface area contributed by atoms with Gasteiger partial charge >= 0.3 is 0 Å². The topological polar surface area (TPSA) is 76.2 Å². The molecule has 1 aliphatic heterocycles. The third-order valence-electron chi connectivity index (χ3n) is 1.58. The lowest BCUT2D eigenvalue weighted by atomic mass is 10.2. The molecule has 0 spiro atoms. The summed E-state index contributed by atoms with van der Waals surface area (Å²) in [7, 11) is 0. The van der Waals surface area contributed by atoms with Gasteiger partial charge in [-0.05, 0) is 0 Å². The van der Waals surface area contributed by atoms with Crippen LogP contribution in [0.25, 0.3) is 5.70 Å². The molecular formula is C7H7N5. The average Bonchev–Trinajstić information content (AvgIpc) is 2.04. The summed E-state index contributed by atoms with van der Waals surface area (Å²) in [6, 6.07) is 0. The SMILES string of the molecule is C=C1NC=Nc2ncnc(N)c21. The van der Waals surface area contributed by atoms with Crippen molar-refractivity contribution in [1.82, 2.24) is 15.3 Å². The monoisotopic (exact) mass is 161 g/mol. The molecule has 1 aliphatic rings. The molecule has 0 saturated heterocycles. The number of aromatic nitrogens is 2. The third-order valence-corrected chi connectivity index (χ3v) is 1.58. The van der Waals surface area contributed by atoms with Crippen molar-refractivity contribution in [2.45, 2.75) is 0 Å². The second-order valence-corrected chi connectivity index (χ2v) is 2.34. The third kappa shape index (κ3) is 0.833. The van der Waals surface area contributed by atoms with Crippen molar-refractivity contribution in [2.24, 2.45) is 4.99 Å². The number of aliphatic imine (C=N–C) groups is 1. The van der Waals surface area contributed by atoms with Crippen LogP contribution in [0.4, 0.5) is 11.6 Å². The number of rotatable bonds is 0. The highest BCUT2D eigenvalue weighted by Crippen LogP contribution is 2.26. The number of nitrogen functional groups attached to an aromatic ring is 1. The Morgan fingerprint density at radius 3 is 3.00 bits per heavy atom. The van der Waals surface area contributed by atoms with Crippen molar-refractivity contribution in [2.75, 3.05) is 5.73 Å². The first-order valence-corrected chi connectivity index (χ1v) is 3.38. The van der Waals surface area contributed by atoms with Crippen LogP contribution in [-0.4, -0.2) is 16.3 Å². The van der Waals surface area contributed by atoms with E-state index >= 15 is 0 Å². The maximum atomic E-state index is 5.61. The number of nitrogens with zero attached hydrogens (tertiary/aromatic N) is 3. The standard InChI is InChI=1S/C7H7N5/c1-4-5-6(8)10-3-12-7(5)11-2-9-4/h2-3H,1H2,(H3,8,9,10,11,12). The van der Waals surface area contributed by atoms with Gasteiger partial charge in [-0.25, -0.2) is 15.0 Å². The van der Waals surface area contributed by atoms with Gasteiger partial charge in [0, 0.05) is 5.70 Å². The van der Waals surface area contributed by atoms with Crippen LogP contribution in [0.2, 0.25) is 0 Å². The van der Waals surface area contributed by atoms with Gasteiger partial charge in [0.05, 0.1) is 11.9 Å². The number of hydrogen-bond donors (Lipinski definition) is 2. The Labute approximate surface area is 69.1 Å². The van der Waals surface area contributed by atoms with E-state index in [-0.39, 0.29) is 0 Å². The van der Waals surface area contributed by atoms with E-state index in [0.717, 1.165) is 0 Å². The van der Waals surface area contributed by atoms with Gasteiger partial charge in [0.25, 0.3) is 0 Å². The smallest absolute Gasteiger partial charge is 0.168 e. The Balaban J connectivity index is 2.70. The molecule has 12 heavy (non-hydrogen) atoms. The largest absolute Gasteiger partial charge is 0.383 e. The molecule has 0 bridgehead atoms. The minimum atomic E-state index is 0.398. The van der Waals surface area contributed by atoms with E-state index in [1.165, 1.54) is 12.7 Å². The molecule has 2 heterocycles. The number of nitrogens with two attached hydrogens (primary N) is 1. The molecule has 0 amide bonds. The lowest BCUT2D eigenvalue weighted by Gasteiger charge is -2.13. The van der Waals surface area contributed by atoms with Crippen LogP contribution >= 0.6 is 0 Å². The lowest BCUT2D eigenvalue weighted by Crippen LogP contribution is -2.15. The zero-order valence-corrected chi connectivity index (χ0v) is 6.28. The second-order valence-electron chi connectivity index (χ2n) is 2.34. The van der Waals surface area contributed by atoms with Crippen molar-refractivity contribution in [3.8, 4) is 0 Å². The summed E-state index contributed by atoms with van der Waals surface area (Å²) in [5.74, 6) is 0.959. The summed E-state index contributed by atoms with van der Waals surface area (Å²) in [5.41, 5.74) is 6.97. The molecule has 0 radical (unpaired) electrons. The molecule has 5 nitrogen and oxygen atoms in total. The highest BCUT2D eigenvalue weighted by molar-refractivity contribution is 5.88. The van der Waals surface area contributed by atoms with Crippen LogP contribution in [0, 0.1) is 0 Å². The molecule has 3 N–H and O–H groups in total. The van der Waals surface area contributed by atoms with Crippen LogP contribution in [0.1, 0.15) is 5.56 Å². The Morgan fingerprint density at radius 2 is 2.25 bits per heavy atom. The first-order valence-electron chi connectivity index (χ1n) is 3.38. The zero-order chi connectivity index (χ0) is 8.55. The molecular weight excluding hydrogens is 154 g/mol. The van der Waals surface area contributed by atoms with Gasteiger partial charge < -0.3 is 11.1 Å². The second kappa shape index (κ2) is 2.30. The van der Waals surface area contributed by atoms with Crippen LogP contribution < -0.4 is 11.1 Å². The molecule has 2 rings (SSSR count). The predicted octanol–water partition coefficient (Wildman–Crippen LogP) is 0.293. The van der Waals surface area contributed by atoms with Crippen molar-refractivity contribution in [3.05, 3.63) is 18.5 Å². The highest BCUT2D eigenvalue weighted by atomic mass is 15.1. The fourth-order valence-corrected chi connectivity index (χ4v) is 1.02. The van der Waals surface area contributed by atoms with Gasteiger partial charge in [-0.2, -0.15) is 0 Å². The summed E-state index contributed by atoms with van der Waals surface area (Å²) in [4.78, 5) is 11.8. The highest BCUT2D eigenvalue weighted by Gasteiger charge is 2.13. The summed E-state index contributed by atoms with van der Waals surface area (Å²) >= 11 is 0. The number of fused-ring (bicyclic) bond motifs is 1. The first kappa shape index (κ1) is 6.78. The van der Waals surface area contributed by atoms with Crippen LogP contribution in [0.15, 0.2) is 17.9 Å². The van der Waals surface area contributed by atoms with Gasteiger partial charge in [0.15, 0.2) is 5.82 Å². The Morgan fingerprint density at radius 1 is 1.42 bits per heavy atom. The average molecular weight is 161 g/mol. The maximum absolute atomic E-state index is 5.61. The molecule has 60 valence electrons. The van der Waals surface area contributed by atoms with E-state index in [2.05, 4.69) is 26.9 Å². The van der Waals surface area contributed by atoms with E-state index < -0.39 is 0 Å². The van der Waals surface area contributed by atoms with Gasteiger partial charge in [-0.15, -0.1) is 0 Å². The fourth-order valence-electron chi connectivity index (χ4n) is 1.02. The normalized spacial score (nSPS) is 13.8. The Kier molecular flexibility index (Phi) is 1.30. The molecule has 1 aromatic rings. The quantitative estimate of drug-likeness (QED) is 0.573. The van der Waals surface area contributed by atoms with E-state index in [1.807, 2.05) is 0 Å². The van der Waals surface area contributed by atoms with Gasteiger partial charge in [0.1, 0.15) is 12.1 Å². The lowest BCUT2D eigenvalue weighted by molar-refractivity contribution is 1.11. The number of hydrogen-bond acceptors (Lipinski definition) is 5. The van der Waals surface area contributed by atoms with Crippen molar-refractivity contribution in [1.29, 1.82) is 0 Å². The minimum Gasteiger partial charge on any atom is -0.383 e. The molecule has 0 unspecified atom stereocenters. The summed E-state index contributed by atoms with van der Waals surface area (Å²) < 4.78 is 0. The number of anilines is 1. The van der Waals surface area contributed by atoms with Gasteiger partial charge in [-0.3, -0.25) is 0 Å². The van der Waals surface area contributed by atoms with Gasteiger partial charge in [0.2, 0.25) is 0 Å². The van der Waals surface area contributed by atoms with Gasteiger partial charge in [-0.1, -0.05) is 6.58 Å². The van der Waals surface area contributed by atoms with E-state index in [0.29, 0.717) is 22.9 Å². The van der Waals surface area contributed by atoms with Crippen LogP contribution in [0.3, 0.4) is 0 Å². The predicted molar refractivity (Wildman–Crippen MR) is 46.8 cm³/mol. The fraction of sp³-hybridized carbons (Fsp3) is 0. The van der Waals surface area contributed by atoms with E-state index in [1.54, 1.807) is 0 Å². The van der Waals surface area contributed by atoms with Crippen molar-refractivity contribution < 1.29 is 0 Å². The summed E-state index contributed by atoms with van der Waals surface area (Å²) in [6.45, 7) is 3.75. The van der Waals surface area contributed by atoms with Crippen molar-refractivity contribution >= 4 is 23.7 Å². The Bertz CT molecular complexity index is 368. The molecule has 1 aromatic heterocycles. The molecule has 5 heteroatoms. The Hall–Kier alpha value is -1.91. The molecule has 0 saturated carbocycles. The molecule has 0 aromatic carbocycles. The van der Waals surface area contributed by atoms with E-state index in [4.69, 9.17) is 5.73 Å². The first-order chi connectivity index (χ1) is 5.79. The maximum Gasteiger partial charge on any atom is 0.168 e. The van der Waals surface area contributed by atoms with Crippen molar-refractivity contribution in [3.63, 3.8) is 0 Å². The van der Waals surface area contributed by atoms with E-state index in [9.17, 15) is 0 Å². The van der Waals surface area contributed by atoms with Crippen LogP contribution in [0.5, 0.6) is 0 Å². The minimum absolute atomic E-state index is 0.398.